The molecule has 0 aliphatic heterocycles. The molecule has 1 aromatic heterocycles. The molecule has 6 heteroatoms. The van der Waals surface area contributed by atoms with Crippen molar-refractivity contribution in [2.24, 2.45) is 5.92 Å². The Kier molecular flexibility index (Phi) is 2.91. The minimum absolute atomic E-state index is 0.0666. The van der Waals surface area contributed by atoms with Crippen molar-refractivity contribution in [2.45, 2.75) is 18.9 Å². The number of aliphatic hydroxyl groups excluding tert-OH is 1. The number of rotatable bonds is 3. The van der Waals surface area contributed by atoms with Gasteiger partial charge in [-0.05, 0) is 18.8 Å². The number of hydrogen-bond acceptors (Lipinski definition) is 5. The number of nitrogen functional groups attached to an aromatic ring is 1. The van der Waals surface area contributed by atoms with Crippen molar-refractivity contribution in [1.82, 2.24) is 9.97 Å². The summed E-state index contributed by atoms with van der Waals surface area (Å²) in [6.45, 7) is 0.671. The third kappa shape index (κ3) is 2.21. The smallest absolute Gasteiger partial charge is 0.222 e. The second kappa shape index (κ2) is 4.21. The van der Waals surface area contributed by atoms with E-state index >= 15 is 0 Å². The molecule has 1 fully saturated rings. The van der Waals surface area contributed by atoms with Crippen LogP contribution in [0.2, 0.25) is 0 Å². The van der Waals surface area contributed by atoms with E-state index < -0.39 is 5.82 Å². The van der Waals surface area contributed by atoms with Crippen molar-refractivity contribution in [3.8, 4) is 0 Å². The molecule has 1 aliphatic rings. The third-order valence-corrected chi connectivity index (χ3v) is 2.85. The van der Waals surface area contributed by atoms with Gasteiger partial charge in [-0.2, -0.15) is 4.98 Å². The van der Waals surface area contributed by atoms with Crippen molar-refractivity contribution < 1.29 is 9.50 Å². The van der Waals surface area contributed by atoms with E-state index in [2.05, 4.69) is 9.97 Å². The zero-order chi connectivity index (χ0) is 11.7. The summed E-state index contributed by atoms with van der Waals surface area (Å²) in [6, 6.07) is 0. The molecule has 16 heavy (non-hydrogen) atoms. The van der Waals surface area contributed by atoms with Gasteiger partial charge in [0.1, 0.15) is 0 Å². The predicted molar refractivity (Wildman–Crippen MR) is 58.4 cm³/mol. The maximum Gasteiger partial charge on any atom is 0.222 e. The van der Waals surface area contributed by atoms with Crippen LogP contribution in [0.25, 0.3) is 0 Å². The lowest BCUT2D eigenvalue weighted by Gasteiger charge is -2.34. The molecule has 1 heterocycles. The Balaban J connectivity index is 2.02. The molecule has 0 aromatic carbocycles. The first kappa shape index (κ1) is 11.1. The van der Waals surface area contributed by atoms with Gasteiger partial charge < -0.3 is 15.7 Å². The van der Waals surface area contributed by atoms with Crippen LogP contribution in [0.4, 0.5) is 16.2 Å². The number of anilines is 2. The number of aromatic nitrogens is 2. The summed E-state index contributed by atoms with van der Waals surface area (Å²) in [4.78, 5) is 9.14. The van der Waals surface area contributed by atoms with E-state index in [0.29, 0.717) is 12.5 Å². The van der Waals surface area contributed by atoms with Crippen LogP contribution in [0.15, 0.2) is 6.20 Å². The number of halogens is 1. The zero-order valence-corrected chi connectivity index (χ0v) is 9.10. The highest BCUT2D eigenvalue weighted by molar-refractivity contribution is 5.41. The number of hydrogen-bond donors (Lipinski definition) is 2. The quantitative estimate of drug-likeness (QED) is 0.780. The molecular weight excluding hydrogens is 211 g/mol. The highest BCUT2D eigenvalue weighted by Crippen LogP contribution is 2.29. The lowest BCUT2D eigenvalue weighted by atomic mass is 9.82. The van der Waals surface area contributed by atoms with Crippen LogP contribution in [0.5, 0.6) is 0 Å². The van der Waals surface area contributed by atoms with E-state index in [1.807, 2.05) is 0 Å². The number of aliphatic hydroxyl groups is 1. The standard InChI is InChI=1S/C10H15FN4O/c1-15(5-6-2-7(16)3-6)9-8(11)4-13-10(12)14-9/h4,6-7,16H,2-3,5H2,1H3,(H2,12,13,14). The van der Waals surface area contributed by atoms with Gasteiger partial charge in [-0.15, -0.1) is 0 Å². The van der Waals surface area contributed by atoms with Gasteiger partial charge in [-0.3, -0.25) is 0 Å². The average molecular weight is 226 g/mol. The van der Waals surface area contributed by atoms with E-state index in [0.717, 1.165) is 19.0 Å². The molecule has 1 saturated carbocycles. The van der Waals surface area contributed by atoms with Gasteiger partial charge in [-0.25, -0.2) is 9.37 Å². The van der Waals surface area contributed by atoms with Crippen molar-refractivity contribution in [3.05, 3.63) is 12.0 Å². The Bertz CT molecular complexity index is 381. The van der Waals surface area contributed by atoms with Gasteiger partial charge in [0.2, 0.25) is 5.95 Å². The van der Waals surface area contributed by atoms with E-state index in [-0.39, 0.29) is 17.9 Å². The first-order valence-electron chi connectivity index (χ1n) is 5.23. The van der Waals surface area contributed by atoms with Crippen LogP contribution < -0.4 is 10.6 Å². The van der Waals surface area contributed by atoms with E-state index in [4.69, 9.17) is 10.8 Å². The second-order valence-electron chi connectivity index (χ2n) is 4.27. The van der Waals surface area contributed by atoms with Crippen LogP contribution in [0, 0.1) is 11.7 Å². The molecule has 0 amide bonds. The Hall–Kier alpha value is -1.43. The molecule has 1 aliphatic carbocycles. The summed E-state index contributed by atoms with van der Waals surface area (Å²) in [5.41, 5.74) is 5.41. The average Bonchev–Trinajstić information content (AvgIpc) is 2.19. The van der Waals surface area contributed by atoms with Gasteiger partial charge in [-0.1, -0.05) is 0 Å². The molecule has 0 unspecified atom stereocenters. The fraction of sp³-hybridized carbons (Fsp3) is 0.600. The molecular formula is C10H15FN4O. The third-order valence-electron chi connectivity index (χ3n) is 2.85. The fourth-order valence-corrected chi connectivity index (χ4v) is 1.96. The molecule has 3 N–H and O–H groups in total. The molecule has 1 aromatic rings. The van der Waals surface area contributed by atoms with Gasteiger partial charge in [0.05, 0.1) is 12.3 Å². The topological polar surface area (TPSA) is 75.3 Å². The molecule has 0 radical (unpaired) electrons. The monoisotopic (exact) mass is 226 g/mol. The van der Waals surface area contributed by atoms with Gasteiger partial charge in [0.15, 0.2) is 11.6 Å². The maximum absolute atomic E-state index is 13.4. The Morgan fingerprint density at radius 2 is 2.31 bits per heavy atom. The van der Waals surface area contributed by atoms with Crippen molar-refractivity contribution >= 4 is 11.8 Å². The van der Waals surface area contributed by atoms with Crippen molar-refractivity contribution in [1.29, 1.82) is 0 Å². The SMILES string of the molecule is CN(CC1CC(O)C1)c1nc(N)ncc1F. The number of nitrogens with zero attached hydrogens (tertiary/aromatic N) is 3. The van der Waals surface area contributed by atoms with Crippen LogP contribution in [0.1, 0.15) is 12.8 Å². The summed E-state index contributed by atoms with van der Waals surface area (Å²) in [7, 11) is 1.76. The van der Waals surface area contributed by atoms with Gasteiger partial charge in [0.25, 0.3) is 0 Å². The minimum Gasteiger partial charge on any atom is -0.393 e. The zero-order valence-electron chi connectivity index (χ0n) is 9.10. The van der Waals surface area contributed by atoms with E-state index in [1.165, 1.54) is 0 Å². The molecule has 0 bridgehead atoms. The largest absolute Gasteiger partial charge is 0.393 e. The lowest BCUT2D eigenvalue weighted by molar-refractivity contribution is 0.0464. The van der Waals surface area contributed by atoms with Crippen molar-refractivity contribution in [3.63, 3.8) is 0 Å². The summed E-state index contributed by atoms with van der Waals surface area (Å²) in [5.74, 6) is 0.206. The van der Waals surface area contributed by atoms with Crippen LogP contribution in [0.3, 0.4) is 0 Å². The first-order valence-corrected chi connectivity index (χ1v) is 5.23. The molecule has 0 spiro atoms. The van der Waals surface area contributed by atoms with Crippen molar-refractivity contribution in [2.75, 3.05) is 24.2 Å². The van der Waals surface area contributed by atoms with Gasteiger partial charge >= 0.3 is 0 Å². The van der Waals surface area contributed by atoms with Gasteiger partial charge in [0, 0.05) is 13.6 Å². The van der Waals surface area contributed by atoms with Crippen LogP contribution in [-0.4, -0.2) is 34.8 Å². The minimum atomic E-state index is -0.475. The lowest BCUT2D eigenvalue weighted by Crippen LogP contribution is -2.37. The molecule has 0 saturated heterocycles. The summed E-state index contributed by atoms with van der Waals surface area (Å²) in [6.07, 6.45) is 2.42. The van der Waals surface area contributed by atoms with E-state index in [9.17, 15) is 4.39 Å². The summed E-state index contributed by atoms with van der Waals surface area (Å²) in [5, 5.41) is 9.16. The summed E-state index contributed by atoms with van der Waals surface area (Å²) < 4.78 is 13.4. The normalized spacial score (nSPS) is 23.9. The molecule has 88 valence electrons. The maximum atomic E-state index is 13.4. The molecule has 5 nitrogen and oxygen atoms in total. The Labute approximate surface area is 93.1 Å². The highest BCUT2D eigenvalue weighted by atomic mass is 19.1. The van der Waals surface area contributed by atoms with Crippen LogP contribution >= 0.6 is 0 Å². The van der Waals surface area contributed by atoms with E-state index in [1.54, 1.807) is 11.9 Å². The van der Waals surface area contributed by atoms with Crippen LogP contribution in [-0.2, 0) is 0 Å². The number of nitrogens with two attached hydrogens (primary N) is 1. The Morgan fingerprint density at radius 1 is 1.62 bits per heavy atom. The fourth-order valence-electron chi connectivity index (χ4n) is 1.96. The second-order valence-corrected chi connectivity index (χ2v) is 4.27. The molecule has 2 rings (SSSR count). The Morgan fingerprint density at radius 3 is 2.94 bits per heavy atom. The molecule has 0 atom stereocenters. The highest BCUT2D eigenvalue weighted by Gasteiger charge is 2.28. The summed E-state index contributed by atoms with van der Waals surface area (Å²) >= 11 is 0. The first-order chi connectivity index (χ1) is 7.56. The predicted octanol–water partition coefficient (Wildman–Crippen LogP) is 0.405.